The third kappa shape index (κ3) is 2.34. The summed E-state index contributed by atoms with van der Waals surface area (Å²) in [5, 5.41) is 12.5. The number of hydrogen-bond donors (Lipinski definition) is 0. The van der Waals surface area contributed by atoms with E-state index >= 15 is 0 Å². The van der Waals surface area contributed by atoms with Gasteiger partial charge in [-0.05, 0) is 13.3 Å². The molecule has 0 aliphatic heterocycles. The monoisotopic (exact) mass is 207 g/mol. The summed E-state index contributed by atoms with van der Waals surface area (Å²) in [7, 11) is 0. The highest BCUT2D eigenvalue weighted by molar-refractivity contribution is 5.15. The number of rotatable bonds is 5. The lowest BCUT2D eigenvalue weighted by Gasteiger charge is -1.94. The first kappa shape index (κ1) is 10.1. The number of nitriles is 1. The quantitative estimate of drug-likeness (QED) is 0.680. The van der Waals surface area contributed by atoms with Gasteiger partial charge in [0.1, 0.15) is 0 Å². The lowest BCUT2D eigenvalue weighted by atomic mass is 10.3. The van der Waals surface area contributed by atoms with Crippen LogP contribution in [0.25, 0.3) is 0 Å². The van der Waals surface area contributed by atoms with Crippen molar-refractivity contribution in [1.82, 2.24) is 10.1 Å². The Morgan fingerprint density at radius 3 is 3.20 bits per heavy atom. The van der Waals surface area contributed by atoms with E-state index in [2.05, 4.69) is 16.2 Å². The first-order chi connectivity index (χ1) is 7.35. The van der Waals surface area contributed by atoms with E-state index in [0.29, 0.717) is 31.3 Å². The van der Waals surface area contributed by atoms with E-state index in [9.17, 15) is 0 Å². The Hall–Kier alpha value is -1.41. The normalized spacial score (nSPS) is 23.7. The van der Waals surface area contributed by atoms with Crippen LogP contribution in [-0.4, -0.2) is 23.4 Å². The van der Waals surface area contributed by atoms with Gasteiger partial charge in [0.05, 0.1) is 24.5 Å². The van der Waals surface area contributed by atoms with Crippen molar-refractivity contribution in [1.29, 1.82) is 5.26 Å². The molecule has 80 valence electrons. The number of hydrogen-bond acceptors (Lipinski definition) is 5. The Kier molecular flexibility index (Phi) is 2.97. The van der Waals surface area contributed by atoms with Gasteiger partial charge in [-0.1, -0.05) is 5.16 Å². The molecule has 1 aromatic rings. The van der Waals surface area contributed by atoms with Gasteiger partial charge in [0.25, 0.3) is 0 Å². The lowest BCUT2D eigenvalue weighted by molar-refractivity contribution is 0.149. The van der Waals surface area contributed by atoms with E-state index in [1.54, 1.807) is 0 Å². The summed E-state index contributed by atoms with van der Waals surface area (Å²) in [4.78, 5) is 4.23. The molecule has 0 saturated heterocycles. The summed E-state index contributed by atoms with van der Waals surface area (Å²) < 4.78 is 10.3. The second kappa shape index (κ2) is 4.41. The minimum absolute atomic E-state index is 0.0743. The Bertz CT molecular complexity index is 369. The van der Waals surface area contributed by atoms with E-state index in [4.69, 9.17) is 14.5 Å². The predicted molar refractivity (Wildman–Crippen MR) is 51.0 cm³/mol. The molecule has 1 fully saturated rings. The molecule has 5 heteroatoms. The van der Waals surface area contributed by atoms with Crippen molar-refractivity contribution >= 4 is 0 Å². The van der Waals surface area contributed by atoms with Gasteiger partial charge in [0.2, 0.25) is 5.89 Å². The first-order valence-electron chi connectivity index (χ1n) is 5.15. The standard InChI is InChI=1S/C10H13N3O2/c1-2-14-4-3-9-12-10(15-13-9)8-5-7(8)6-11/h7-8H,2-5H2,1H3. The lowest BCUT2D eigenvalue weighted by Crippen LogP contribution is -1.99. The number of aromatic nitrogens is 2. The van der Waals surface area contributed by atoms with Crippen LogP contribution >= 0.6 is 0 Å². The smallest absolute Gasteiger partial charge is 0.231 e. The molecule has 0 aromatic carbocycles. The third-order valence-electron chi connectivity index (χ3n) is 2.43. The molecule has 1 heterocycles. The number of ether oxygens (including phenoxy) is 1. The van der Waals surface area contributed by atoms with E-state index in [-0.39, 0.29) is 11.8 Å². The van der Waals surface area contributed by atoms with Crippen LogP contribution in [0.15, 0.2) is 4.52 Å². The van der Waals surface area contributed by atoms with Gasteiger partial charge in [-0.2, -0.15) is 10.2 Å². The van der Waals surface area contributed by atoms with Gasteiger partial charge in [-0.15, -0.1) is 0 Å². The SMILES string of the molecule is CCOCCc1noc(C2CC2C#N)n1. The van der Waals surface area contributed by atoms with Gasteiger partial charge in [-0.25, -0.2) is 0 Å². The van der Waals surface area contributed by atoms with E-state index < -0.39 is 0 Å². The maximum absolute atomic E-state index is 8.66. The Morgan fingerprint density at radius 1 is 1.67 bits per heavy atom. The van der Waals surface area contributed by atoms with Gasteiger partial charge in [0.15, 0.2) is 5.82 Å². The van der Waals surface area contributed by atoms with Gasteiger partial charge in [-0.3, -0.25) is 0 Å². The van der Waals surface area contributed by atoms with Crippen molar-refractivity contribution in [2.75, 3.05) is 13.2 Å². The van der Waals surface area contributed by atoms with Crippen LogP contribution in [0.3, 0.4) is 0 Å². The molecule has 1 saturated carbocycles. The Labute approximate surface area is 88.0 Å². The van der Waals surface area contributed by atoms with E-state index in [1.165, 1.54) is 0 Å². The van der Waals surface area contributed by atoms with Crippen LogP contribution in [0.2, 0.25) is 0 Å². The summed E-state index contributed by atoms with van der Waals surface area (Å²) in [6.07, 6.45) is 1.52. The van der Waals surface area contributed by atoms with E-state index in [1.807, 2.05) is 6.92 Å². The van der Waals surface area contributed by atoms with Crippen LogP contribution < -0.4 is 0 Å². The van der Waals surface area contributed by atoms with Crippen LogP contribution in [0.5, 0.6) is 0 Å². The molecule has 0 radical (unpaired) electrons. The molecule has 15 heavy (non-hydrogen) atoms. The minimum Gasteiger partial charge on any atom is -0.381 e. The fourth-order valence-electron chi connectivity index (χ4n) is 1.44. The third-order valence-corrected chi connectivity index (χ3v) is 2.43. The fourth-order valence-corrected chi connectivity index (χ4v) is 1.44. The fraction of sp³-hybridized carbons (Fsp3) is 0.700. The highest BCUT2D eigenvalue weighted by Crippen LogP contribution is 2.45. The molecule has 1 aliphatic rings. The molecule has 1 aromatic heterocycles. The maximum atomic E-state index is 8.66. The Morgan fingerprint density at radius 2 is 2.53 bits per heavy atom. The topological polar surface area (TPSA) is 71.9 Å². The van der Waals surface area contributed by atoms with Crippen LogP contribution in [0, 0.1) is 17.2 Å². The van der Waals surface area contributed by atoms with Crippen molar-refractivity contribution in [2.24, 2.45) is 5.92 Å². The van der Waals surface area contributed by atoms with Crippen molar-refractivity contribution < 1.29 is 9.26 Å². The molecule has 2 rings (SSSR count). The maximum Gasteiger partial charge on any atom is 0.231 e. The zero-order chi connectivity index (χ0) is 10.7. The highest BCUT2D eigenvalue weighted by Gasteiger charge is 2.43. The largest absolute Gasteiger partial charge is 0.381 e. The highest BCUT2D eigenvalue weighted by atomic mass is 16.5. The first-order valence-corrected chi connectivity index (χ1v) is 5.15. The zero-order valence-electron chi connectivity index (χ0n) is 8.64. The van der Waals surface area contributed by atoms with Crippen molar-refractivity contribution in [3.63, 3.8) is 0 Å². The predicted octanol–water partition coefficient (Wildman–Crippen LogP) is 1.28. The zero-order valence-corrected chi connectivity index (χ0v) is 8.64. The molecule has 2 unspecified atom stereocenters. The van der Waals surface area contributed by atoms with Crippen LogP contribution in [0.1, 0.15) is 31.0 Å². The summed E-state index contributed by atoms with van der Waals surface area (Å²) in [6, 6.07) is 2.20. The van der Waals surface area contributed by atoms with Gasteiger partial charge in [0, 0.05) is 13.0 Å². The molecule has 0 N–H and O–H groups in total. The molecular formula is C10H13N3O2. The van der Waals surface area contributed by atoms with Crippen LogP contribution in [-0.2, 0) is 11.2 Å². The second-order valence-electron chi connectivity index (χ2n) is 3.57. The van der Waals surface area contributed by atoms with Gasteiger partial charge >= 0.3 is 0 Å². The van der Waals surface area contributed by atoms with Crippen molar-refractivity contribution in [3.05, 3.63) is 11.7 Å². The molecule has 5 nitrogen and oxygen atoms in total. The summed E-state index contributed by atoms with van der Waals surface area (Å²) >= 11 is 0. The van der Waals surface area contributed by atoms with Crippen LogP contribution in [0.4, 0.5) is 0 Å². The molecule has 0 amide bonds. The molecule has 0 spiro atoms. The summed E-state index contributed by atoms with van der Waals surface area (Å²) in [6.45, 7) is 3.26. The average Bonchev–Trinajstić information content (AvgIpc) is 2.91. The van der Waals surface area contributed by atoms with E-state index in [0.717, 1.165) is 6.42 Å². The van der Waals surface area contributed by atoms with Crippen molar-refractivity contribution in [2.45, 2.75) is 25.7 Å². The van der Waals surface area contributed by atoms with Gasteiger partial charge < -0.3 is 9.26 Å². The summed E-state index contributed by atoms with van der Waals surface area (Å²) in [5.74, 6) is 1.52. The second-order valence-corrected chi connectivity index (χ2v) is 3.57. The molecule has 1 aliphatic carbocycles. The summed E-state index contributed by atoms with van der Waals surface area (Å²) in [5.41, 5.74) is 0. The molecule has 2 atom stereocenters. The Balaban J connectivity index is 1.86. The minimum atomic E-state index is 0.0743. The molecule has 0 bridgehead atoms. The molecular weight excluding hydrogens is 194 g/mol. The van der Waals surface area contributed by atoms with Crippen molar-refractivity contribution in [3.8, 4) is 6.07 Å². The number of nitrogens with zero attached hydrogens (tertiary/aromatic N) is 3. The average molecular weight is 207 g/mol.